The fraction of sp³-hybridized carbons (Fsp3) is 0.895. The van der Waals surface area contributed by atoms with Gasteiger partial charge in [0, 0.05) is 5.41 Å². The van der Waals surface area contributed by atoms with Crippen molar-refractivity contribution in [1.29, 1.82) is 0 Å². The zero-order chi connectivity index (χ0) is 14.7. The molecule has 4 rings (SSSR count). The lowest BCUT2D eigenvalue weighted by Crippen LogP contribution is -2.56. The van der Waals surface area contributed by atoms with Crippen molar-refractivity contribution < 1.29 is 10.2 Å². The highest BCUT2D eigenvalue weighted by molar-refractivity contribution is 5.20. The van der Waals surface area contributed by atoms with Crippen LogP contribution in [0.3, 0.4) is 0 Å². The Balaban J connectivity index is 1.64. The zero-order valence-corrected chi connectivity index (χ0v) is 13.3. The van der Waals surface area contributed by atoms with E-state index in [1.54, 1.807) is 0 Å². The maximum Gasteiger partial charge on any atom is 0.0782 e. The van der Waals surface area contributed by atoms with Crippen LogP contribution in [0.5, 0.6) is 0 Å². The first-order chi connectivity index (χ1) is 10.1. The molecule has 0 saturated heterocycles. The summed E-state index contributed by atoms with van der Waals surface area (Å²) < 4.78 is 0. The second-order valence-electron chi connectivity index (χ2n) is 8.30. The van der Waals surface area contributed by atoms with E-state index in [1.165, 1.54) is 32.1 Å². The number of fused-ring (bicyclic) bond motifs is 5. The normalized spacial score (nSPS) is 55.7. The van der Waals surface area contributed by atoms with Crippen LogP contribution in [0, 0.1) is 29.1 Å². The van der Waals surface area contributed by atoms with Crippen molar-refractivity contribution in [2.45, 2.75) is 76.4 Å². The number of hydrogen-bond donors (Lipinski definition) is 2. The van der Waals surface area contributed by atoms with Gasteiger partial charge in [0.15, 0.2) is 0 Å². The molecule has 21 heavy (non-hydrogen) atoms. The highest BCUT2D eigenvalue weighted by atomic mass is 16.3. The number of allylic oxidation sites excluding steroid dienone is 1. The van der Waals surface area contributed by atoms with Gasteiger partial charge in [0.25, 0.3) is 0 Å². The molecule has 3 fully saturated rings. The number of aliphatic hydroxyl groups is 2. The van der Waals surface area contributed by atoms with E-state index in [0.717, 1.165) is 25.7 Å². The van der Waals surface area contributed by atoms with Gasteiger partial charge in [-0.2, -0.15) is 0 Å². The summed E-state index contributed by atoms with van der Waals surface area (Å²) in [4.78, 5) is 0. The molecule has 0 aliphatic heterocycles. The van der Waals surface area contributed by atoms with Gasteiger partial charge in [-0.05, 0) is 68.6 Å². The Bertz CT molecular complexity index is 445. The van der Waals surface area contributed by atoms with Crippen LogP contribution in [0.15, 0.2) is 12.2 Å². The van der Waals surface area contributed by atoms with Gasteiger partial charge in [-0.25, -0.2) is 0 Å². The van der Waals surface area contributed by atoms with Crippen LogP contribution in [0.25, 0.3) is 0 Å². The third-order valence-electron chi connectivity index (χ3n) is 7.86. The third kappa shape index (κ3) is 1.84. The molecule has 118 valence electrons. The minimum absolute atomic E-state index is 0.116. The molecule has 0 aromatic carbocycles. The molecule has 0 bridgehead atoms. The van der Waals surface area contributed by atoms with E-state index in [1.807, 2.05) is 0 Å². The lowest BCUT2D eigenvalue weighted by Gasteiger charge is -2.58. The highest BCUT2D eigenvalue weighted by Gasteiger charge is 2.58. The first kappa shape index (κ1) is 14.3. The van der Waals surface area contributed by atoms with E-state index < -0.39 is 0 Å². The van der Waals surface area contributed by atoms with Crippen LogP contribution in [-0.2, 0) is 0 Å². The molecule has 2 N–H and O–H groups in total. The number of aliphatic hydroxyl groups excluding tert-OH is 1. The predicted molar refractivity (Wildman–Crippen MR) is 83.7 cm³/mol. The maximum absolute atomic E-state index is 11.1. The molecule has 0 amide bonds. The summed E-state index contributed by atoms with van der Waals surface area (Å²) in [5.41, 5.74) is -0.238. The summed E-state index contributed by atoms with van der Waals surface area (Å²) >= 11 is 0. The fourth-order valence-electron chi connectivity index (χ4n) is 6.71. The average Bonchev–Trinajstić information content (AvgIpc) is 2.84. The summed E-state index contributed by atoms with van der Waals surface area (Å²) in [6.07, 6.45) is 14.6. The molecular weight excluding hydrogens is 260 g/mol. The molecule has 0 unspecified atom stereocenters. The standard InChI is InChI=1S/C19H30O2/c1-2-18-11-8-14-13(15(18)6-7-17(18)20)9-12-19(21)10-4-3-5-16(14)19/h6-7,13-17,20-21H,2-5,8-12H2,1H3/t13-,14+,15+,16-,17+,18+,19+/m1/s1. The zero-order valence-electron chi connectivity index (χ0n) is 13.3. The van der Waals surface area contributed by atoms with Crippen molar-refractivity contribution in [3.63, 3.8) is 0 Å². The molecule has 3 saturated carbocycles. The van der Waals surface area contributed by atoms with Gasteiger partial charge >= 0.3 is 0 Å². The summed E-state index contributed by atoms with van der Waals surface area (Å²) in [7, 11) is 0. The molecule has 0 heterocycles. The smallest absolute Gasteiger partial charge is 0.0782 e. The van der Waals surface area contributed by atoms with Gasteiger partial charge in [0.2, 0.25) is 0 Å². The minimum atomic E-state index is -0.355. The molecule has 0 aromatic heterocycles. The average molecular weight is 290 g/mol. The van der Waals surface area contributed by atoms with Gasteiger partial charge in [0.05, 0.1) is 11.7 Å². The van der Waals surface area contributed by atoms with Gasteiger partial charge < -0.3 is 10.2 Å². The Morgan fingerprint density at radius 2 is 1.81 bits per heavy atom. The second-order valence-corrected chi connectivity index (χ2v) is 8.30. The molecule has 7 atom stereocenters. The van der Waals surface area contributed by atoms with E-state index in [-0.39, 0.29) is 17.1 Å². The van der Waals surface area contributed by atoms with Crippen molar-refractivity contribution >= 4 is 0 Å². The van der Waals surface area contributed by atoms with E-state index >= 15 is 0 Å². The number of hydrogen-bond acceptors (Lipinski definition) is 2. The van der Waals surface area contributed by atoms with E-state index in [9.17, 15) is 10.2 Å². The molecule has 0 spiro atoms. The van der Waals surface area contributed by atoms with Gasteiger partial charge in [-0.1, -0.05) is 31.9 Å². The maximum atomic E-state index is 11.1. The lowest BCUT2D eigenvalue weighted by atomic mass is 9.48. The third-order valence-corrected chi connectivity index (χ3v) is 7.86. The summed E-state index contributed by atoms with van der Waals surface area (Å²) in [6, 6.07) is 0. The predicted octanol–water partition coefficient (Wildman–Crippen LogP) is 3.67. The highest BCUT2D eigenvalue weighted by Crippen LogP contribution is 2.62. The summed E-state index contributed by atoms with van der Waals surface area (Å²) in [5, 5.41) is 21.6. The Morgan fingerprint density at radius 1 is 1.00 bits per heavy atom. The van der Waals surface area contributed by atoms with Crippen molar-refractivity contribution in [3.05, 3.63) is 12.2 Å². The van der Waals surface area contributed by atoms with E-state index in [0.29, 0.717) is 23.7 Å². The molecule has 2 heteroatoms. The van der Waals surface area contributed by atoms with Crippen LogP contribution in [0.4, 0.5) is 0 Å². The molecule has 0 aromatic rings. The Kier molecular flexibility index (Phi) is 3.28. The van der Waals surface area contributed by atoms with Crippen LogP contribution in [-0.4, -0.2) is 21.9 Å². The van der Waals surface area contributed by atoms with E-state index in [4.69, 9.17) is 0 Å². The SMILES string of the molecule is CC[C@]12CC[C@H]3[C@@H](CC[C@@]4(O)CCCC[C@H]34)[C@@H]1C=C[C@@H]2O. The van der Waals surface area contributed by atoms with Crippen molar-refractivity contribution in [3.8, 4) is 0 Å². The van der Waals surface area contributed by atoms with E-state index in [2.05, 4.69) is 19.1 Å². The second kappa shape index (κ2) is 4.83. The fourth-order valence-corrected chi connectivity index (χ4v) is 6.71. The van der Waals surface area contributed by atoms with Crippen LogP contribution < -0.4 is 0 Å². The first-order valence-electron chi connectivity index (χ1n) is 9.19. The minimum Gasteiger partial charge on any atom is -0.390 e. The van der Waals surface area contributed by atoms with Crippen LogP contribution in [0.1, 0.15) is 64.7 Å². The first-order valence-corrected chi connectivity index (χ1v) is 9.19. The molecule has 4 aliphatic rings. The lowest BCUT2D eigenvalue weighted by molar-refractivity contribution is -0.155. The summed E-state index contributed by atoms with van der Waals surface area (Å²) in [6.45, 7) is 2.25. The molecular formula is C19H30O2. The molecule has 4 aliphatic carbocycles. The van der Waals surface area contributed by atoms with Gasteiger partial charge in [0.1, 0.15) is 0 Å². The topological polar surface area (TPSA) is 40.5 Å². The largest absolute Gasteiger partial charge is 0.390 e. The monoisotopic (exact) mass is 290 g/mol. The van der Waals surface area contributed by atoms with Crippen molar-refractivity contribution in [1.82, 2.24) is 0 Å². The Labute approximate surface area is 128 Å². The quantitative estimate of drug-likeness (QED) is 0.723. The van der Waals surface area contributed by atoms with Gasteiger partial charge in [-0.3, -0.25) is 0 Å². The van der Waals surface area contributed by atoms with Crippen LogP contribution >= 0.6 is 0 Å². The Morgan fingerprint density at radius 3 is 2.62 bits per heavy atom. The summed E-state index contributed by atoms with van der Waals surface area (Å²) in [5.74, 6) is 2.49. The van der Waals surface area contributed by atoms with Crippen molar-refractivity contribution in [2.24, 2.45) is 29.1 Å². The van der Waals surface area contributed by atoms with Crippen molar-refractivity contribution in [2.75, 3.05) is 0 Å². The number of rotatable bonds is 1. The molecule has 2 nitrogen and oxygen atoms in total. The van der Waals surface area contributed by atoms with Crippen LogP contribution in [0.2, 0.25) is 0 Å². The molecule has 0 radical (unpaired) electrons. The van der Waals surface area contributed by atoms with Gasteiger partial charge in [-0.15, -0.1) is 0 Å². The Hall–Kier alpha value is -0.340.